The van der Waals surface area contributed by atoms with Gasteiger partial charge in [0.05, 0.1) is 11.3 Å². The normalized spacial score (nSPS) is 31.8. The zero-order valence-corrected chi connectivity index (χ0v) is 21.0. The highest BCUT2D eigenvalue weighted by atomic mass is 16.4. The number of carboxylic acid groups (broad SMARTS) is 2. The molecule has 2 saturated carbocycles. The molecule has 0 aliphatic heterocycles. The van der Waals surface area contributed by atoms with E-state index in [-0.39, 0.29) is 5.92 Å². The molecule has 2 fully saturated rings. The van der Waals surface area contributed by atoms with E-state index in [2.05, 4.69) is 41.5 Å². The molecular formula is C26H48O4. The van der Waals surface area contributed by atoms with Crippen LogP contribution in [0, 0.1) is 45.8 Å². The zero-order chi connectivity index (χ0) is 23.5. The Morgan fingerprint density at radius 2 is 1.37 bits per heavy atom. The fraction of sp³-hybridized carbons (Fsp3) is 0.923. The summed E-state index contributed by atoms with van der Waals surface area (Å²) in [5, 5.41) is 18.4. The Hall–Kier alpha value is -1.06. The molecule has 0 amide bonds. The van der Waals surface area contributed by atoms with Crippen LogP contribution in [0.1, 0.15) is 107 Å². The number of rotatable bonds is 5. The van der Waals surface area contributed by atoms with E-state index >= 15 is 0 Å². The number of hydrogen-bond acceptors (Lipinski definition) is 2. The fourth-order valence-corrected chi connectivity index (χ4v) is 6.51. The predicted molar refractivity (Wildman–Crippen MR) is 123 cm³/mol. The molecule has 0 saturated heterocycles. The lowest BCUT2D eigenvalue weighted by molar-refractivity contribution is -0.152. The van der Waals surface area contributed by atoms with E-state index in [9.17, 15) is 19.8 Å². The lowest BCUT2D eigenvalue weighted by atomic mass is 9.61. The van der Waals surface area contributed by atoms with Gasteiger partial charge in [-0.15, -0.1) is 0 Å². The van der Waals surface area contributed by atoms with Crippen LogP contribution in [0.4, 0.5) is 0 Å². The molecule has 4 heteroatoms. The second kappa shape index (κ2) is 10.0. The first-order chi connectivity index (χ1) is 13.5. The van der Waals surface area contributed by atoms with Crippen molar-refractivity contribution in [3.8, 4) is 0 Å². The second-order valence-corrected chi connectivity index (χ2v) is 12.7. The molecule has 4 nitrogen and oxygen atoms in total. The molecule has 0 bridgehead atoms. The summed E-state index contributed by atoms with van der Waals surface area (Å²) in [6.45, 7) is 19.3. The lowest BCUT2D eigenvalue weighted by Crippen LogP contribution is -2.40. The van der Waals surface area contributed by atoms with Crippen LogP contribution in [0.25, 0.3) is 0 Å². The van der Waals surface area contributed by atoms with E-state index in [1.165, 1.54) is 12.8 Å². The van der Waals surface area contributed by atoms with Gasteiger partial charge in [0.25, 0.3) is 0 Å². The second-order valence-electron chi connectivity index (χ2n) is 12.7. The molecule has 0 spiro atoms. The molecule has 1 unspecified atom stereocenters. The van der Waals surface area contributed by atoms with E-state index in [1.54, 1.807) is 0 Å². The van der Waals surface area contributed by atoms with Crippen LogP contribution in [-0.4, -0.2) is 22.2 Å². The molecule has 0 heterocycles. The van der Waals surface area contributed by atoms with Gasteiger partial charge >= 0.3 is 11.9 Å². The van der Waals surface area contributed by atoms with Gasteiger partial charge in [0, 0.05) is 0 Å². The first-order valence-electron chi connectivity index (χ1n) is 12.0. The van der Waals surface area contributed by atoms with Crippen LogP contribution in [0.3, 0.4) is 0 Å². The van der Waals surface area contributed by atoms with Crippen molar-refractivity contribution in [2.75, 3.05) is 0 Å². The highest BCUT2D eigenvalue weighted by molar-refractivity contribution is 5.74. The third-order valence-corrected chi connectivity index (χ3v) is 7.71. The van der Waals surface area contributed by atoms with Gasteiger partial charge < -0.3 is 10.2 Å². The third-order valence-electron chi connectivity index (χ3n) is 7.71. The SMILES string of the molecule is CCC(C(=O)O)[C@H]1C[C@@H](C)CC(C)(C)C1.C[C@@H]1C[C@H](C(C)(C)C(=O)O)CC(C)(C)C1. The quantitative estimate of drug-likeness (QED) is 0.492. The zero-order valence-electron chi connectivity index (χ0n) is 21.0. The first kappa shape index (κ1) is 27.0. The van der Waals surface area contributed by atoms with Crippen molar-refractivity contribution in [2.24, 2.45) is 45.8 Å². The van der Waals surface area contributed by atoms with Gasteiger partial charge in [-0.3, -0.25) is 9.59 Å². The maximum Gasteiger partial charge on any atom is 0.309 e. The van der Waals surface area contributed by atoms with Crippen LogP contribution in [0.5, 0.6) is 0 Å². The average Bonchev–Trinajstić information content (AvgIpc) is 2.51. The Bertz CT molecular complexity index is 590. The lowest BCUT2D eigenvalue weighted by Gasteiger charge is -2.44. The number of hydrogen-bond donors (Lipinski definition) is 2. The predicted octanol–water partition coefficient (Wildman–Crippen LogP) is 7.12. The number of aliphatic carboxylic acids is 2. The molecule has 0 aromatic rings. The Balaban J connectivity index is 0.000000300. The summed E-state index contributed by atoms with van der Waals surface area (Å²) >= 11 is 0. The Morgan fingerprint density at radius 1 is 0.900 bits per heavy atom. The summed E-state index contributed by atoms with van der Waals surface area (Å²) in [6.07, 6.45) is 7.48. The smallest absolute Gasteiger partial charge is 0.309 e. The van der Waals surface area contributed by atoms with Crippen molar-refractivity contribution >= 4 is 11.9 Å². The van der Waals surface area contributed by atoms with Gasteiger partial charge in [-0.1, -0.05) is 48.5 Å². The van der Waals surface area contributed by atoms with Crippen molar-refractivity contribution in [1.82, 2.24) is 0 Å². The van der Waals surface area contributed by atoms with Gasteiger partial charge in [-0.2, -0.15) is 0 Å². The minimum absolute atomic E-state index is 0.132. The maximum absolute atomic E-state index is 11.2. The largest absolute Gasteiger partial charge is 0.481 e. The van der Waals surface area contributed by atoms with E-state index < -0.39 is 17.4 Å². The van der Waals surface area contributed by atoms with E-state index in [1.807, 2.05) is 20.8 Å². The minimum atomic E-state index is -0.655. The summed E-state index contributed by atoms with van der Waals surface area (Å²) < 4.78 is 0. The summed E-state index contributed by atoms with van der Waals surface area (Å²) in [4.78, 5) is 22.4. The fourth-order valence-electron chi connectivity index (χ4n) is 6.51. The first-order valence-corrected chi connectivity index (χ1v) is 12.0. The van der Waals surface area contributed by atoms with E-state index in [4.69, 9.17) is 0 Å². The van der Waals surface area contributed by atoms with Gasteiger partial charge in [0.2, 0.25) is 0 Å². The molecular weight excluding hydrogens is 376 g/mol. The average molecular weight is 425 g/mol. The standard InChI is InChI=1S/2C13H24O2/c1-9-6-10(8-12(2,3)7-9)13(4,5)11(14)15;1-5-11(12(14)15)10-6-9(2)7-13(3,4)8-10/h9-10H,6-8H2,1-5H3,(H,14,15);9-11H,5-8H2,1-4H3,(H,14,15)/t9-,10+;9-,10+,11?/m11/s1. The van der Waals surface area contributed by atoms with Crippen LogP contribution in [0.15, 0.2) is 0 Å². The van der Waals surface area contributed by atoms with E-state index in [0.717, 1.165) is 32.1 Å². The van der Waals surface area contributed by atoms with Gasteiger partial charge in [-0.05, 0) is 93.3 Å². The highest BCUT2D eigenvalue weighted by Gasteiger charge is 2.43. The molecule has 2 N–H and O–H groups in total. The topological polar surface area (TPSA) is 74.6 Å². The molecule has 0 aromatic heterocycles. The van der Waals surface area contributed by atoms with Crippen molar-refractivity contribution in [3.63, 3.8) is 0 Å². The highest BCUT2D eigenvalue weighted by Crippen LogP contribution is 2.48. The monoisotopic (exact) mass is 424 g/mol. The van der Waals surface area contributed by atoms with Crippen LogP contribution >= 0.6 is 0 Å². The van der Waals surface area contributed by atoms with Crippen LogP contribution in [-0.2, 0) is 9.59 Å². The Morgan fingerprint density at radius 3 is 1.73 bits per heavy atom. The molecule has 2 aliphatic carbocycles. The summed E-state index contributed by atoms with van der Waals surface area (Å²) in [5.41, 5.74) is 0.0478. The summed E-state index contributed by atoms with van der Waals surface area (Å²) in [5.74, 6) is 0.626. The van der Waals surface area contributed by atoms with Gasteiger partial charge in [0.1, 0.15) is 0 Å². The Kier molecular flexibility index (Phi) is 9.03. The van der Waals surface area contributed by atoms with Gasteiger partial charge in [0.15, 0.2) is 0 Å². The Labute approximate surface area is 185 Å². The molecule has 0 radical (unpaired) electrons. The van der Waals surface area contributed by atoms with Crippen molar-refractivity contribution < 1.29 is 19.8 Å². The molecule has 5 atom stereocenters. The molecule has 176 valence electrons. The number of carbonyl (C=O) groups is 2. The third kappa shape index (κ3) is 7.57. The summed E-state index contributed by atoms with van der Waals surface area (Å²) in [6, 6.07) is 0. The maximum atomic E-state index is 11.2. The van der Waals surface area contributed by atoms with Crippen LogP contribution < -0.4 is 0 Å². The molecule has 2 aliphatic rings. The summed E-state index contributed by atoms with van der Waals surface area (Å²) in [7, 11) is 0. The van der Waals surface area contributed by atoms with E-state index in [0.29, 0.717) is 34.5 Å². The van der Waals surface area contributed by atoms with Crippen molar-refractivity contribution in [3.05, 3.63) is 0 Å². The van der Waals surface area contributed by atoms with Crippen molar-refractivity contribution in [2.45, 2.75) is 107 Å². The number of carboxylic acids is 2. The van der Waals surface area contributed by atoms with Crippen LogP contribution in [0.2, 0.25) is 0 Å². The molecule has 0 aromatic carbocycles. The molecule has 2 rings (SSSR count). The van der Waals surface area contributed by atoms with Crippen molar-refractivity contribution in [1.29, 1.82) is 0 Å². The molecule has 30 heavy (non-hydrogen) atoms. The van der Waals surface area contributed by atoms with Gasteiger partial charge in [-0.25, -0.2) is 0 Å². The minimum Gasteiger partial charge on any atom is -0.481 e.